The van der Waals surface area contributed by atoms with E-state index < -0.39 is 0 Å². The molecular weight excluding hydrogens is 758 g/mol. The predicted octanol–water partition coefficient (Wildman–Crippen LogP) is 5.93. The second-order valence-corrected chi connectivity index (χ2v) is 24.1. The molecule has 0 unspecified atom stereocenters. The van der Waals surface area contributed by atoms with Crippen molar-refractivity contribution in [3.05, 3.63) is 132 Å². The topological polar surface area (TPSA) is 0 Å². The van der Waals surface area contributed by atoms with Gasteiger partial charge in [0.1, 0.15) is 0 Å². The molecule has 0 aliphatic rings. The molecular formula is C40H44Cl2HfSi-2. The Morgan fingerprint density at radius 2 is 0.909 bits per heavy atom. The number of halogens is 2. The zero-order chi connectivity index (χ0) is 29.7. The Morgan fingerprint density at radius 3 is 1.25 bits per heavy atom. The number of benzene rings is 4. The maximum absolute atomic E-state index is 2.37. The van der Waals surface area contributed by atoms with Crippen LogP contribution in [0.4, 0.5) is 0 Å². The SMILES string of the molecule is CCCCc1cc2c(-c3ccccc3)cccc2[cH-]1.CCCCc1cc2c(-c3ccccc3)cccc2[cH-]1.C[Si](C)=[Hf+2].[Cl-].[Cl-]. The van der Waals surface area contributed by atoms with Crippen LogP contribution in [0, 0.1) is 0 Å². The largest absolute Gasteiger partial charge is 1.00 e. The number of aryl methyl sites for hydroxylation is 2. The Morgan fingerprint density at radius 1 is 0.545 bits per heavy atom. The van der Waals surface area contributed by atoms with E-state index in [0.717, 1.165) is 0 Å². The van der Waals surface area contributed by atoms with Gasteiger partial charge in [-0.05, 0) is 24.0 Å². The summed E-state index contributed by atoms with van der Waals surface area (Å²) >= 11 is 1.45. The number of rotatable bonds is 8. The van der Waals surface area contributed by atoms with E-state index in [1.54, 1.807) is 0 Å². The van der Waals surface area contributed by atoms with Crippen molar-refractivity contribution in [1.82, 2.24) is 0 Å². The summed E-state index contributed by atoms with van der Waals surface area (Å²) in [7, 11) is 0. The molecule has 0 aliphatic heterocycles. The summed E-state index contributed by atoms with van der Waals surface area (Å²) < 4.78 is 0. The zero-order valence-electron chi connectivity index (χ0n) is 26.5. The molecule has 0 atom stereocenters. The molecule has 0 saturated carbocycles. The van der Waals surface area contributed by atoms with Crippen LogP contribution in [-0.4, -0.2) is 5.49 Å². The van der Waals surface area contributed by atoms with Gasteiger partial charge in [-0.25, -0.2) is 0 Å². The molecule has 0 aromatic heterocycles. The van der Waals surface area contributed by atoms with Crippen LogP contribution in [0.2, 0.25) is 13.1 Å². The van der Waals surface area contributed by atoms with Crippen LogP contribution in [0.3, 0.4) is 0 Å². The molecule has 0 saturated heterocycles. The number of fused-ring (bicyclic) bond motifs is 2. The summed E-state index contributed by atoms with van der Waals surface area (Å²) in [6.07, 6.45) is 7.45. The minimum Gasteiger partial charge on any atom is -1.00 e. The molecule has 228 valence electrons. The average Bonchev–Trinajstić information content (AvgIpc) is 3.63. The minimum absolute atomic E-state index is 0. The normalized spacial score (nSPS) is 10.1. The molecule has 0 amide bonds. The van der Waals surface area contributed by atoms with Gasteiger partial charge in [0.25, 0.3) is 0 Å². The fraction of sp³-hybridized carbons (Fsp3) is 0.250. The molecule has 6 aromatic carbocycles. The Balaban J connectivity index is 0.000000263. The third kappa shape index (κ3) is 11.0. The molecule has 0 bridgehead atoms. The van der Waals surface area contributed by atoms with Crippen molar-refractivity contribution in [3.8, 4) is 22.3 Å². The predicted molar refractivity (Wildman–Crippen MR) is 185 cm³/mol. The first-order valence-corrected chi connectivity index (χ1v) is 23.4. The van der Waals surface area contributed by atoms with Crippen LogP contribution in [0.15, 0.2) is 121 Å². The van der Waals surface area contributed by atoms with Crippen LogP contribution in [0.5, 0.6) is 0 Å². The monoisotopic (exact) mass is 802 g/mol. The quantitative estimate of drug-likeness (QED) is 0.133. The van der Waals surface area contributed by atoms with E-state index in [1.807, 2.05) is 0 Å². The van der Waals surface area contributed by atoms with Gasteiger partial charge in [0.15, 0.2) is 0 Å². The van der Waals surface area contributed by atoms with Crippen molar-refractivity contribution in [2.45, 2.75) is 65.5 Å². The molecule has 0 radical (unpaired) electrons. The molecule has 0 fully saturated rings. The second kappa shape index (κ2) is 20.0. The maximum Gasteiger partial charge on any atom is -1.00 e. The van der Waals surface area contributed by atoms with Crippen molar-refractivity contribution in [2.24, 2.45) is 0 Å². The van der Waals surface area contributed by atoms with Crippen LogP contribution < -0.4 is 24.8 Å². The fourth-order valence-electron chi connectivity index (χ4n) is 5.38. The van der Waals surface area contributed by atoms with Gasteiger partial charge in [-0.2, -0.15) is 12.1 Å². The maximum atomic E-state index is 2.37. The van der Waals surface area contributed by atoms with Crippen LogP contribution in [-0.2, 0) is 35.8 Å². The van der Waals surface area contributed by atoms with Crippen LogP contribution >= 0.6 is 0 Å². The molecule has 6 rings (SSSR count). The van der Waals surface area contributed by atoms with Gasteiger partial charge in [0.2, 0.25) is 0 Å². The van der Waals surface area contributed by atoms with Crippen molar-refractivity contribution in [2.75, 3.05) is 0 Å². The summed E-state index contributed by atoms with van der Waals surface area (Å²) in [5.74, 6) is 0. The van der Waals surface area contributed by atoms with Gasteiger partial charge in [-0.1, -0.05) is 123 Å². The number of hydrogen-bond donors (Lipinski definition) is 0. The van der Waals surface area contributed by atoms with Crippen LogP contribution in [0.25, 0.3) is 43.8 Å². The summed E-state index contributed by atoms with van der Waals surface area (Å²) in [5, 5.41) is 5.51. The molecule has 4 heteroatoms. The third-order valence-electron chi connectivity index (χ3n) is 7.43. The van der Waals surface area contributed by atoms with Crippen molar-refractivity contribution >= 4 is 27.0 Å². The summed E-state index contributed by atoms with van der Waals surface area (Å²) in [4.78, 5) is 0. The van der Waals surface area contributed by atoms with Gasteiger partial charge >= 0.3 is 41.6 Å². The molecule has 0 heterocycles. The second-order valence-electron chi connectivity index (χ2n) is 11.3. The first-order chi connectivity index (χ1) is 20.5. The smallest absolute Gasteiger partial charge is 1.00 e. The molecule has 0 N–H and O–H groups in total. The number of hydrogen-bond acceptors (Lipinski definition) is 0. The Bertz CT molecular complexity index is 1560. The van der Waals surface area contributed by atoms with Crippen molar-refractivity contribution in [1.29, 1.82) is 0 Å². The van der Waals surface area contributed by atoms with E-state index in [-0.39, 0.29) is 30.3 Å². The van der Waals surface area contributed by atoms with Gasteiger partial charge in [-0.15, -0.1) is 69.1 Å². The average molecular weight is 802 g/mol. The van der Waals surface area contributed by atoms with Crippen molar-refractivity contribution < 1.29 is 47.8 Å². The zero-order valence-corrected chi connectivity index (χ0v) is 32.7. The van der Waals surface area contributed by atoms with Crippen molar-refractivity contribution in [3.63, 3.8) is 0 Å². The number of unbranched alkanes of at least 4 members (excludes halogenated alkanes) is 2. The molecule has 6 aromatic rings. The Labute approximate surface area is 293 Å². The molecule has 0 aliphatic carbocycles. The molecule has 0 spiro atoms. The van der Waals surface area contributed by atoms with E-state index in [1.165, 1.54) is 116 Å². The Hall–Kier alpha value is -2.23. The van der Waals surface area contributed by atoms with E-state index >= 15 is 0 Å². The minimum atomic E-state index is 0. The van der Waals surface area contributed by atoms with Gasteiger partial charge in [0.05, 0.1) is 0 Å². The standard InChI is InChI=1S/2C19H19.C2H6Si.2ClH.Hf/c2*1-2-3-8-15-13-17-11-7-12-18(19(17)14-15)16-9-5-4-6-10-16;1-3-2;;;/h2*4-7,9-14H,2-3,8H2,1H3;1-2H3;2*1H;/q2*-1;;;;+2/p-2. The Kier molecular flexibility index (Phi) is 17.3. The van der Waals surface area contributed by atoms with Gasteiger partial charge < -0.3 is 24.8 Å². The van der Waals surface area contributed by atoms with E-state index in [0.29, 0.717) is 0 Å². The van der Waals surface area contributed by atoms with E-state index in [9.17, 15) is 0 Å². The van der Waals surface area contributed by atoms with Gasteiger partial charge in [0, 0.05) is 0 Å². The first-order valence-electron chi connectivity index (χ1n) is 15.5. The molecule has 0 nitrogen and oxygen atoms in total. The summed E-state index contributed by atoms with van der Waals surface area (Å²) in [6.45, 7) is 9.16. The summed E-state index contributed by atoms with van der Waals surface area (Å²) in [5.41, 5.74) is 8.51. The third-order valence-corrected chi connectivity index (χ3v) is 7.43. The van der Waals surface area contributed by atoms with E-state index in [4.69, 9.17) is 0 Å². The molecule has 44 heavy (non-hydrogen) atoms. The van der Waals surface area contributed by atoms with Crippen LogP contribution in [0.1, 0.15) is 50.7 Å². The first kappa shape index (κ1) is 38.0. The van der Waals surface area contributed by atoms with Gasteiger partial charge in [-0.3, -0.25) is 0 Å². The van der Waals surface area contributed by atoms with E-state index in [2.05, 4.69) is 148 Å². The fourth-order valence-corrected chi connectivity index (χ4v) is 5.38. The summed E-state index contributed by atoms with van der Waals surface area (Å²) in [6, 6.07) is 44.0.